The van der Waals surface area contributed by atoms with E-state index in [2.05, 4.69) is 5.32 Å². The quantitative estimate of drug-likeness (QED) is 0.758. The minimum atomic E-state index is -3.17. The topological polar surface area (TPSA) is 55.4 Å². The molecule has 0 bridgehead atoms. The Morgan fingerprint density at radius 2 is 2.00 bits per heavy atom. The average Bonchev–Trinajstić information content (AvgIpc) is 2.28. The minimum Gasteiger partial charge on any atom is -0.384 e. The van der Waals surface area contributed by atoms with E-state index in [-0.39, 0.29) is 0 Å². The zero-order valence-electron chi connectivity index (χ0n) is 10.3. The lowest BCUT2D eigenvalue weighted by Crippen LogP contribution is -2.09. The second-order valence-corrected chi connectivity index (χ2v) is 5.73. The summed E-state index contributed by atoms with van der Waals surface area (Å²) in [6.45, 7) is 4.05. The van der Waals surface area contributed by atoms with Crippen LogP contribution < -0.4 is 5.32 Å². The fraction of sp³-hybridized carbons (Fsp3) is 0.500. The SMILES string of the molecule is CCOCCCNc1ccccc1S(C)(=O)=O. The second-order valence-electron chi connectivity index (χ2n) is 3.75. The van der Waals surface area contributed by atoms with Crippen LogP contribution in [0, 0.1) is 0 Å². The van der Waals surface area contributed by atoms with Crippen molar-refractivity contribution >= 4 is 15.5 Å². The molecule has 0 aliphatic carbocycles. The largest absolute Gasteiger partial charge is 0.384 e. The van der Waals surface area contributed by atoms with Crippen LogP contribution in [-0.2, 0) is 14.6 Å². The van der Waals surface area contributed by atoms with Crippen molar-refractivity contribution in [2.45, 2.75) is 18.2 Å². The van der Waals surface area contributed by atoms with Crippen molar-refractivity contribution in [2.24, 2.45) is 0 Å². The highest BCUT2D eigenvalue weighted by atomic mass is 32.2. The lowest BCUT2D eigenvalue weighted by atomic mass is 10.3. The van der Waals surface area contributed by atoms with Crippen molar-refractivity contribution in [3.63, 3.8) is 0 Å². The van der Waals surface area contributed by atoms with Crippen molar-refractivity contribution in [3.05, 3.63) is 24.3 Å². The molecule has 0 amide bonds. The maximum absolute atomic E-state index is 11.5. The standard InChI is InChI=1S/C12H19NO3S/c1-3-16-10-6-9-13-11-7-4-5-8-12(11)17(2,14)15/h4-5,7-8,13H,3,6,9-10H2,1-2H3. The molecule has 0 fully saturated rings. The van der Waals surface area contributed by atoms with E-state index < -0.39 is 9.84 Å². The van der Waals surface area contributed by atoms with Gasteiger partial charge in [-0.15, -0.1) is 0 Å². The molecule has 0 aliphatic rings. The van der Waals surface area contributed by atoms with Crippen LogP contribution in [0.15, 0.2) is 29.2 Å². The zero-order valence-corrected chi connectivity index (χ0v) is 11.1. The van der Waals surface area contributed by atoms with Gasteiger partial charge in [0.15, 0.2) is 9.84 Å². The summed E-state index contributed by atoms with van der Waals surface area (Å²) in [6.07, 6.45) is 2.07. The van der Waals surface area contributed by atoms with Crippen molar-refractivity contribution in [2.75, 3.05) is 31.3 Å². The Labute approximate surface area is 103 Å². The Kier molecular flexibility index (Phi) is 5.44. The molecule has 5 heteroatoms. The monoisotopic (exact) mass is 257 g/mol. The first kappa shape index (κ1) is 14.0. The highest BCUT2D eigenvalue weighted by Crippen LogP contribution is 2.20. The molecule has 0 aliphatic heterocycles. The molecule has 96 valence electrons. The van der Waals surface area contributed by atoms with Crippen molar-refractivity contribution in [1.29, 1.82) is 0 Å². The van der Waals surface area contributed by atoms with Gasteiger partial charge in [0, 0.05) is 26.0 Å². The molecular formula is C12H19NO3S. The summed E-state index contributed by atoms with van der Waals surface area (Å²) in [6, 6.07) is 6.93. The van der Waals surface area contributed by atoms with Gasteiger partial charge in [-0.1, -0.05) is 12.1 Å². The van der Waals surface area contributed by atoms with E-state index in [4.69, 9.17) is 4.74 Å². The normalized spacial score (nSPS) is 11.4. The molecule has 4 nitrogen and oxygen atoms in total. The number of rotatable bonds is 7. The highest BCUT2D eigenvalue weighted by Gasteiger charge is 2.11. The molecule has 17 heavy (non-hydrogen) atoms. The smallest absolute Gasteiger partial charge is 0.177 e. The van der Waals surface area contributed by atoms with Crippen LogP contribution in [0.25, 0.3) is 0 Å². The first-order valence-electron chi connectivity index (χ1n) is 5.66. The highest BCUT2D eigenvalue weighted by molar-refractivity contribution is 7.90. The third-order valence-corrected chi connectivity index (χ3v) is 3.43. The van der Waals surface area contributed by atoms with Crippen LogP contribution >= 0.6 is 0 Å². The number of hydrogen-bond donors (Lipinski definition) is 1. The Bertz CT molecular complexity index is 443. The number of sulfone groups is 1. The summed E-state index contributed by atoms with van der Waals surface area (Å²) in [4.78, 5) is 0.344. The fourth-order valence-electron chi connectivity index (χ4n) is 1.48. The van der Waals surface area contributed by atoms with Gasteiger partial charge in [-0.3, -0.25) is 0 Å². The van der Waals surface area contributed by atoms with E-state index in [0.29, 0.717) is 30.3 Å². The second kappa shape index (κ2) is 6.61. The first-order valence-corrected chi connectivity index (χ1v) is 7.55. The van der Waals surface area contributed by atoms with Crippen LogP contribution in [0.2, 0.25) is 0 Å². The lowest BCUT2D eigenvalue weighted by Gasteiger charge is -2.10. The maximum Gasteiger partial charge on any atom is 0.177 e. The number of nitrogens with one attached hydrogen (secondary N) is 1. The summed E-state index contributed by atoms with van der Waals surface area (Å²) in [5.74, 6) is 0. The molecule has 0 spiro atoms. The van der Waals surface area contributed by atoms with E-state index in [9.17, 15) is 8.42 Å². The number of para-hydroxylation sites is 1. The summed E-state index contributed by atoms with van der Waals surface area (Å²) in [5.41, 5.74) is 0.659. The van der Waals surface area contributed by atoms with Gasteiger partial charge in [-0.25, -0.2) is 8.42 Å². The van der Waals surface area contributed by atoms with Crippen molar-refractivity contribution in [3.8, 4) is 0 Å². The Morgan fingerprint density at radius 1 is 1.29 bits per heavy atom. The van der Waals surface area contributed by atoms with Crippen LogP contribution in [0.4, 0.5) is 5.69 Å². The average molecular weight is 257 g/mol. The van der Waals surface area contributed by atoms with Crippen molar-refractivity contribution < 1.29 is 13.2 Å². The third kappa shape index (κ3) is 4.75. The van der Waals surface area contributed by atoms with Gasteiger partial charge in [0.2, 0.25) is 0 Å². The Balaban J connectivity index is 2.59. The lowest BCUT2D eigenvalue weighted by molar-refractivity contribution is 0.147. The van der Waals surface area contributed by atoms with Gasteiger partial charge in [0.25, 0.3) is 0 Å². The maximum atomic E-state index is 11.5. The van der Waals surface area contributed by atoms with Crippen LogP contribution in [0.3, 0.4) is 0 Å². The van der Waals surface area contributed by atoms with Crippen molar-refractivity contribution in [1.82, 2.24) is 0 Å². The van der Waals surface area contributed by atoms with Gasteiger partial charge in [-0.2, -0.15) is 0 Å². The Hall–Kier alpha value is -1.07. The molecule has 1 rings (SSSR count). The molecule has 0 atom stereocenters. The minimum absolute atomic E-state index is 0.344. The molecule has 0 saturated heterocycles. The molecular weight excluding hydrogens is 238 g/mol. The first-order chi connectivity index (χ1) is 8.05. The molecule has 0 aromatic heterocycles. The number of anilines is 1. The Morgan fingerprint density at radius 3 is 2.65 bits per heavy atom. The molecule has 0 unspecified atom stereocenters. The van der Waals surface area contributed by atoms with Gasteiger partial charge in [-0.05, 0) is 25.5 Å². The van der Waals surface area contributed by atoms with Gasteiger partial charge in [0.1, 0.15) is 0 Å². The number of benzene rings is 1. The summed E-state index contributed by atoms with van der Waals surface area (Å²) < 4.78 is 28.3. The van der Waals surface area contributed by atoms with E-state index >= 15 is 0 Å². The van der Waals surface area contributed by atoms with Crippen LogP contribution in [0.5, 0.6) is 0 Å². The third-order valence-electron chi connectivity index (χ3n) is 2.27. The predicted molar refractivity (Wildman–Crippen MR) is 69.2 cm³/mol. The molecule has 1 N–H and O–H groups in total. The summed E-state index contributed by atoms with van der Waals surface area (Å²) >= 11 is 0. The number of ether oxygens (including phenoxy) is 1. The van der Waals surface area contributed by atoms with Crippen LogP contribution in [-0.4, -0.2) is 34.4 Å². The fourth-order valence-corrected chi connectivity index (χ4v) is 2.34. The molecule has 0 heterocycles. The van der Waals surface area contributed by atoms with Gasteiger partial charge in [0.05, 0.1) is 10.6 Å². The summed E-state index contributed by atoms with van der Waals surface area (Å²) in [7, 11) is -3.17. The molecule has 0 saturated carbocycles. The number of hydrogen-bond acceptors (Lipinski definition) is 4. The molecule has 1 aromatic rings. The van der Waals surface area contributed by atoms with E-state index in [1.54, 1.807) is 18.2 Å². The molecule has 0 radical (unpaired) electrons. The summed E-state index contributed by atoms with van der Waals surface area (Å²) in [5, 5.41) is 3.12. The van der Waals surface area contributed by atoms with E-state index in [1.165, 1.54) is 6.26 Å². The van der Waals surface area contributed by atoms with Gasteiger partial charge < -0.3 is 10.1 Å². The molecule has 1 aromatic carbocycles. The predicted octanol–water partition coefficient (Wildman–Crippen LogP) is 1.93. The van der Waals surface area contributed by atoms with E-state index in [1.807, 2.05) is 13.0 Å². The van der Waals surface area contributed by atoms with E-state index in [0.717, 1.165) is 6.42 Å². The van der Waals surface area contributed by atoms with Crippen LogP contribution in [0.1, 0.15) is 13.3 Å². The zero-order chi connectivity index (χ0) is 12.7. The van der Waals surface area contributed by atoms with Gasteiger partial charge >= 0.3 is 0 Å².